The van der Waals surface area contributed by atoms with E-state index in [-0.39, 0.29) is 11.8 Å². The van der Waals surface area contributed by atoms with Gasteiger partial charge in [0.25, 0.3) is 0 Å². The minimum atomic E-state index is 0.141. The molecule has 1 fully saturated rings. The molecule has 0 saturated heterocycles. The third-order valence-corrected chi connectivity index (χ3v) is 4.42. The molecule has 3 nitrogen and oxygen atoms in total. The first-order valence-corrected chi connectivity index (χ1v) is 9.22. The predicted molar refractivity (Wildman–Crippen MR) is 94.9 cm³/mol. The smallest absolute Gasteiger partial charge is 0.227 e. The van der Waals surface area contributed by atoms with Crippen molar-refractivity contribution in [3.05, 3.63) is 23.8 Å². The fourth-order valence-corrected chi connectivity index (χ4v) is 3.37. The molecule has 4 heteroatoms. The molecule has 1 N–H and O–H groups in total. The highest BCUT2D eigenvalue weighted by molar-refractivity contribution is 9.09. The van der Waals surface area contributed by atoms with Crippen LogP contribution < -0.4 is 10.1 Å². The van der Waals surface area contributed by atoms with E-state index in [2.05, 4.69) is 34.2 Å². The summed E-state index contributed by atoms with van der Waals surface area (Å²) in [5.74, 6) is 1.07. The molecule has 1 aromatic carbocycles. The Morgan fingerprint density at radius 1 is 1.36 bits per heavy atom. The van der Waals surface area contributed by atoms with E-state index in [0.29, 0.717) is 11.4 Å². The molecule has 0 radical (unpaired) electrons. The maximum absolute atomic E-state index is 12.4. The number of nitrogens with one attached hydrogen (secondary N) is 1. The lowest BCUT2D eigenvalue weighted by Crippen LogP contribution is -2.25. The maximum atomic E-state index is 12.4. The zero-order chi connectivity index (χ0) is 15.9. The number of benzene rings is 1. The number of ether oxygens (including phenoxy) is 1. The van der Waals surface area contributed by atoms with Gasteiger partial charge in [0, 0.05) is 10.7 Å². The average Bonchev–Trinajstić information content (AvgIpc) is 2.50. The molecular formula is C18H26BrNO2. The molecule has 1 saturated carbocycles. The summed E-state index contributed by atoms with van der Waals surface area (Å²) in [7, 11) is 0. The molecule has 0 bridgehead atoms. The van der Waals surface area contributed by atoms with E-state index < -0.39 is 0 Å². The van der Waals surface area contributed by atoms with Crippen LogP contribution in [0.5, 0.6) is 5.75 Å². The van der Waals surface area contributed by atoms with Crippen molar-refractivity contribution in [3.63, 3.8) is 0 Å². The second-order valence-corrected chi connectivity index (χ2v) is 7.64. The summed E-state index contributed by atoms with van der Waals surface area (Å²) in [5.41, 5.74) is 2.01. The lowest BCUT2D eigenvalue weighted by Gasteiger charge is -2.21. The average molecular weight is 368 g/mol. The van der Waals surface area contributed by atoms with Crippen LogP contribution in [0.25, 0.3) is 0 Å². The summed E-state index contributed by atoms with van der Waals surface area (Å²) in [6, 6.07) is 6.07. The van der Waals surface area contributed by atoms with Gasteiger partial charge in [-0.25, -0.2) is 0 Å². The molecule has 0 aromatic heterocycles. The highest BCUT2D eigenvalue weighted by atomic mass is 79.9. The molecule has 1 aromatic rings. The van der Waals surface area contributed by atoms with Gasteiger partial charge in [0.2, 0.25) is 5.91 Å². The number of halogens is 1. The summed E-state index contributed by atoms with van der Waals surface area (Å²) < 4.78 is 5.72. The second-order valence-electron chi connectivity index (χ2n) is 6.07. The number of amides is 1. The van der Waals surface area contributed by atoms with Crippen LogP contribution in [0.3, 0.4) is 0 Å². The van der Waals surface area contributed by atoms with Gasteiger partial charge in [-0.15, -0.1) is 0 Å². The molecule has 1 aliphatic carbocycles. The van der Waals surface area contributed by atoms with Crippen molar-refractivity contribution in [2.45, 2.75) is 57.2 Å². The van der Waals surface area contributed by atoms with E-state index in [9.17, 15) is 4.79 Å². The second kappa shape index (κ2) is 8.56. The number of alkyl halides is 1. The van der Waals surface area contributed by atoms with Crippen molar-refractivity contribution in [1.29, 1.82) is 0 Å². The van der Waals surface area contributed by atoms with Crippen LogP contribution in [-0.4, -0.2) is 17.3 Å². The van der Waals surface area contributed by atoms with E-state index in [1.807, 2.05) is 19.1 Å². The molecule has 2 rings (SSSR count). The number of carbonyl (C=O) groups is 1. The molecule has 0 aliphatic heterocycles. The Morgan fingerprint density at radius 2 is 2.09 bits per heavy atom. The Kier molecular flexibility index (Phi) is 6.74. The Bertz CT molecular complexity index is 496. The van der Waals surface area contributed by atoms with Crippen LogP contribution in [0.1, 0.15) is 51.5 Å². The number of hydrogen-bond acceptors (Lipinski definition) is 2. The van der Waals surface area contributed by atoms with Gasteiger partial charge >= 0.3 is 0 Å². The standard InChI is InChI=1S/C18H26BrNO2/c1-3-22-17-12-14(11-13(2)19)9-10-16(17)20-18(21)15-7-5-4-6-8-15/h9-10,12-13,15H,3-8,11H2,1-2H3,(H,20,21). The third kappa shape index (κ3) is 5.01. The molecule has 122 valence electrons. The van der Waals surface area contributed by atoms with Gasteiger partial charge in [0.05, 0.1) is 12.3 Å². The molecule has 1 aliphatic rings. The molecule has 1 amide bonds. The highest BCUT2D eigenvalue weighted by Gasteiger charge is 2.22. The van der Waals surface area contributed by atoms with Gasteiger partial charge in [-0.05, 0) is 43.9 Å². The first-order chi connectivity index (χ1) is 10.6. The van der Waals surface area contributed by atoms with Crippen LogP contribution in [0.4, 0.5) is 5.69 Å². The fourth-order valence-electron chi connectivity index (χ4n) is 3.00. The van der Waals surface area contributed by atoms with Gasteiger partial charge < -0.3 is 10.1 Å². The minimum absolute atomic E-state index is 0.141. The largest absolute Gasteiger partial charge is 0.492 e. The topological polar surface area (TPSA) is 38.3 Å². The van der Waals surface area contributed by atoms with Crippen molar-refractivity contribution in [2.75, 3.05) is 11.9 Å². The number of rotatable bonds is 6. The van der Waals surface area contributed by atoms with Crippen molar-refractivity contribution in [3.8, 4) is 5.75 Å². The van der Waals surface area contributed by atoms with Crippen LogP contribution in [-0.2, 0) is 11.2 Å². The number of anilines is 1. The van der Waals surface area contributed by atoms with Crippen LogP contribution in [0.2, 0.25) is 0 Å². The minimum Gasteiger partial charge on any atom is -0.492 e. The Labute approximate surface area is 141 Å². The van der Waals surface area contributed by atoms with Crippen LogP contribution >= 0.6 is 15.9 Å². The molecule has 22 heavy (non-hydrogen) atoms. The molecule has 0 heterocycles. The summed E-state index contributed by atoms with van der Waals surface area (Å²) in [6.45, 7) is 4.69. The van der Waals surface area contributed by atoms with Crippen molar-refractivity contribution in [1.82, 2.24) is 0 Å². The number of carbonyl (C=O) groups excluding carboxylic acids is 1. The van der Waals surface area contributed by atoms with Crippen molar-refractivity contribution < 1.29 is 9.53 Å². The van der Waals surface area contributed by atoms with Crippen LogP contribution in [0.15, 0.2) is 18.2 Å². The summed E-state index contributed by atoms with van der Waals surface area (Å²) in [6.07, 6.45) is 6.55. The highest BCUT2D eigenvalue weighted by Crippen LogP contribution is 2.30. The molecular weight excluding hydrogens is 342 g/mol. The normalized spacial score (nSPS) is 17.0. The first-order valence-electron chi connectivity index (χ1n) is 8.30. The SMILES string of the molecule is CCOc1cc(CC(C)Br)ccc1NC(=O)C1CCCCC1. The summed E-state index contributed by atoms with van der Waals surface area (Å²) in [4.78, 5) is 12.8. The van der Waals surface area contributed by atoms with E-state index in [1.165, 1.54) is 24.8 Å². The van der Waals surface area contributed by atoms with Gasteiger partial charge in [-0.2, -0.15) is 0 Å². The molecule has 0 spiro atoms. The molecule has 1 atom stereocenters. The third-order valence-electron chi connectivity index (χ3n) is 4.10. The maximum Gasteiger partial charge on any atom is 0.227 e. The van der Waals surface area contributed by atoms with Crippen LogP contribution in [0, 0.1) is 5.92 Å². The lowest BCUT2D eigenvalue weighted by molar-refractivity contribution is -0.120. The van der Waals surface area contributed by atoms with E-state index in [4.69, 9.17) is 4.74 Å². The van der Waals surface area contributed by atoms with E-state index in [1.54, 1.807) is 0 Å². The fraction of sp³-hybridized carbons (Fsp3) is 0.611. The molecule has 1 unspecified atom stereocenters. The van der Waals surface area contributed by atoms with E-state index in [0.717, 1.165) is 30.7 Å². The first kappa shape index (κ1) is 17.3. The monoisotopic (exact) mass is 367 g/mol. The Morgan fingerprint density at radius 3 is 2.73 bits per heavy atom. The van der Waals surface area contributed by atoms with Gasteiger partial charge in [-0.1, -0.05) is 48.2 Å². The lowest BCUT2D eigenvalue weighted by atomic mass is 9.88. The predicted octanol–water partition coefficient (Wildman–Crippen LogP) is 4.93. The summed E-state index contributed by atoms with van der Waals surface area (Å²) >= 11 is 3.57. The van der Waals surface area contributed by atoms with Crippen molar-refractivity contribution >= 4 is 27.5 Å². The van der Waals surface area contributed by atoms with E-state index >= 15 is 0 Å². The van der Waals surface area contributed by atoms with Crippen molar-refractivity contribution in [2.24, 2.45) is 5.92 Å². The Hall–Kier alpha value is -1.03. The summed E-state index contributed by atoms with van der Waals surface area (Å²) in [5, 5.41) is 3.07. The number of hydrogen-bond donors (Lipinski definition) is 1. The van der Waals surface area contributed by atoms with Gasteiger partial charge in [0.15, 0.2) is 0 Å². The van der Waals surface area contributed by atoms with Gasteiger partial charge in [-0.3, -0.25) is 4.79 Å². The quantitative estimate of drug-likeness (QED) is 0.723. The zero-order valence-electron chi connectivity index (χ0n) is 13.5. The zero-order valence-corrected chi connectivity index (χ0v) is 15.1. The Balaban J connectivity index is 2.09. The van der Waals surface area contributed by atoms with Gasteiger partial charge in [0.1, 0.15) is 5.75 Å².